The largest absolute Gasteiger partial charge is 0.465 e. The summed E-state index contributed by atoms with van der Waals surface area (Å²) in [4.78, 5) is 40.0. The fraction of sp³-hybridized carbons (Fsp3) is 0.550. The molecule has 1 spiro atoms. The van der Waals surface area contributed by atoms with Crippen LogP contribution in [-0.2, 0) is 20.9 Å². The first-order valence-electron chi connectivity index (χ1n) is 9.33. The van der Waals surface area contributed by atoms with Gasteiger partial charge in [-0.05, 0) is 24.3 Å². The summed E-state index contributed by atoms with van der Waals surface area (Å²) in [6.45, 7) is 4.98. The second-order valence-corrected chi connectivity index (χ2v) is 7.77. The quantitative estimate of drug-likeness (QED) is 0.800. The molecule has 27 heavy (non-hydrogen) atoms. The van der Waals surface area contributed by atoms with Crippen LogP contribution in [0, 0.1) is 11.3 Å². The molecule has 1 N–H and O–H groups in total. The first-order valence-corrected chi connectivity index (χ1v) is 9.33. The zero-order valence-corrected chi connectivity index (χ0v) is 15.8. The molecule has 7 nitrogen and oxygen atoms in total. The molecule has 0 radical (unpaired) electrons. The van der Waals surface area contributed by atoms with Crippen LogP contribution in [0.1, 0.15) is 32.3 Å². The maximum atomic E-state index is 13.1. The number of rotatable bonds is 5. The Kier molecular flexibility index (Phi) is 5.39. The SMILES string of the molecule is CC(C)[C@@H](C(=O)OCc1ccccc1)N1CCC2(CCN(C(=O)O)C2)C1=O. The molecule has 0 aromatic heterocycles. The van der Waals surface area contributed by atoms with Crippen molar-refractivity contribution >= 4 is 18.0 Å². The molecule has 0 bridgehead atoms. The first kappa shape index (κ1) is 19.2. The highest BCUT2D eigenvalue weighted by Gasteiger charge is 2.54. The van der Waals surface area contributed by atoms with Gasteiger partial charge in [0.25, 0.3) is 0 Å². The smallest absolute Gasteiger partial charge is 0.407 e. The van der Waals surface area contributed by atoms with Gasteiger partial charge < -0.3 is 19.6 Å². The topological polar surface area (TPSA) is 87.2 Å². The van der Waals surface area contributed by atoms with Crippen molar-refractivity contribution in [1.29, 1.82) is 0 Å². The van der Waals surface area contributed by atoms with Gasteiger partial charge in [-0.25, -0.2) is 9.59 Å². The Labute approximate surface area is 158 Å². The highest BCUT2D eigenvalue weighted by molar-refractivity contribution is 5.91. The number of amides is 2. The van der Waals surface area contributed by atoms with Gasteiger partial charge >= 0.3 is 12.1 Å². The molecule has 0 saturated carbocycles. The van der Waals surface area contributed by atoms with Crippen molar-refractivity contribution in [2.75, 3.05) is 19.6 Å². The Balaban J connectivity index is 1.69. The monoisotopic (exact) mass is 374 g/mol. The van der Waals surface area contributed by atoms with Gasteiger partial charge in [-0.1, -0.05) is 44.2 Å². The van der Waals surface area contributed by atoms with E-state index >= 15 is 0 Å². The standard InChI is InChI=1S/C20H26N2O5/c1-14(2)16(17(23)27-12-15-6-4-3-5-7-15)22-11-9-20(18(22)24)8-10-21(13-20)19(25)26/h3-7,14,16H,8-13H2,1-2H3,(H,25,26)/t16-,20?/m0/s1. The molecule has 2 atom stereocenters. The van der Waals surface area contributed by atoms with Crippen molar-refractivity contribution in [2.45, 2.75) is 39.3 Å². The van der Waals surface area contributed by atoms with Gasteiger partial charge in [-0.3, -0.25) is 4.79 Å². The van der Waals surface area contributed by atoms with Crippen LogP contribution in [0.15, 0.2) is 30.3 Å². The van der Waals surface area contributed by atoms with Crippen molar-refractivity contribution in [3.05, 3.63) is 35.9 Å². The second kappa shape index (κ2) is 7.58. The van der Waals surface area contributed by atoms with E-state index in [-0.39, 0.29) is 25.0 Å². The van der Waals surface area contributed by atoms with Crippen LogP contribution in [0.25, 0.3) is 0 Å². The van der Waals surface area contributed by atoms with E-state index < -0.39 is 23.5 Å². The molecule has 2 fully saturated rings. The maximum Gasteiger partial charge on any atom is 0.407 e. The third kappa shape index (κ3) is 3.77. The molecular formula is C20H26N2O5. The molecule has 3 rings (SSSR count). The Morgan fingerprint density at radius 2 is 1.85 bits per heavy atom. The number of likely N-dealkylation sites (tertiary alicyclic amines) is 2. The molecule has 1 aromatic carbocycles. The summed E-state index contributed by atoms with van der Waals surface area (Å²) in [6, 6.07) is 8.77. The zero-order valence-electron chi connectivity index (χ0n) is 15.8. The lowest BCUT2D eigenvalue weighted by Crippen LogP contribution is -2.49. The third-order valence-corrected chi connectivity index (χ3v) is 5.60. The van der Waals surface area contributed by atoms with Crippen LogP contribution < -0.4 is 0 Å². The number of hydrogen-bond donors (Lipinski definition) is 1. The predicted molar refractivity (Wildman–Crippen MR) is 97.8 cm³/mol. The number of benzene rings is 1. The summed E-state index contributed by atoms with van der Waals surface area (Å²) in [6.07, 6.45) is 0.0874. The lowest BCUT2D eigenvalue weighted by atomic mass is 9.85. The van der Waals surface area contributed by atoms with E-state index in [0.717, 1.165) is 5.56 Å². The number of carboxylic acid groups (broad SMARTS) is 1. The van der Waals surface area contributed by atoms with Crippen LogP contribution in [-0.4, -0.2) is 58.6 Å². The van der Waals surface area contributed by atoms with Gasteiger partial charge in [0.05, 0.1) is 5.41 Å². The molecule has 7 heteroatoms. The normalized spacial score (nSPS) is 23.3. The third-order valence-electron chi connectivity index (χ3n) is 5.60. The first-order chi connectivity index (χ1) is 12.8. The van der Waals surface area contributed by atoms with Gasteiger partial charge in [0.2, 0.25) is 5.91 Å². The number of hydrogen-bond acceptors (Lipinski definition) is 4. The van der Waals surface area contributed by atoms with Crippen LogP contribution in [0.4, 0.5) is 4.79 Å². The average Bonchev–Trinajstić information content (AvgIpc) is 3.21. The molecule has 1 unspecified atom stereocenters. The number of ether oxygens (including phenoxy) is 1. The van der Waals surface area contributed by atoms with E-state index in [0.29, 0.717) is 25.9 Å². The van der Waals surface area contributed by atoms with E-state index in [4.69, 9.17) is 4.74 Å². The number of carbonyl (C=O) groups excluding carboxylic acids is 2. The van der Waals surface area contributed by atoms with E-state index in [1.165, 1.54) is 4.90 Å². The van der Waals surface area contributed by atoms with Crippen molar-refractivity contribution in [3.8, 4) is 0 Å². The predicted octanol–water partition coefficient (Wildman–Crippen LogP) is 2.36. The zero-order chi connectivity index (χ0) is 19.6. The summed E-state index contributed by atoms with van der Waals surface area (Å²) in [7, 11) is 0. The van der Waals surface area contributed by atoms with Crippen LogP contribution >= 0.6 is 0 Å². The van der Waals surface area contributed by atoms with Gasteiger partial charge in [0, 0.05) is 19.6 Å². The Bertz CT molecular complexity index is 720. The van der Waals surface area contributed by atoms with E-state index in [1.54, 1.807) is 4.90 Å². The molecule has 2 amide bonds. The molecule has 2 saturated heterocycles. The second-order valence-electron chi connectivity index (χ2n) is 7.77. The summed E-state index contributed by atoms with van der Waals surface area (Å²) in [5.41, 5.74) is 0.205. The van der Waals surface area contributed by atoms with Crippen LogP contribution in [0.5, 0.6) is 0 Å². The number of carbonyl (C=O) groups is 3. The van der Waals surface area contributed by atoms with Gasteiger partial charge in [0.15, 0.2) is 0 Å². The molecule has 2 aliphatic rings. The molecule has 2 heterocycles. The fourth-order valence-electron chi connectivity index (χ4n) is 4.10. The van der Waals surface area contributed by atoms with Crippen molar-refractivity contribution in [1.82, 2.24) is 9.80 Å². The Hall–Kier alpha value is -2.57. The summed E-state index contributed by atoms with van der Waals surface area (Å²) in [5.74, 6) is -0.627. The van der Waals surface area contributed by atoms with Crippen molar-refractivity contribution in [3.63, 3.8) is 0 Å². The summed E-state index contributed by atoms with van der Waals surface area (Å²) in [5, 5.41) is 9.20. The van der Waals surface area contributed by atoms with E-state index in [1.807, 2.05) is 44.2 Å². The highest BCUT2D eigenvalue weighted by atomic mass is 16.5. The fourth-order valence-corrected chi connectivity index (χ4v) is 4.10. The van der Waals surface area contributed by atoms with Crippen molar-refractivity contribution < 1.29 is 24.2 Å². The molecular weight excluding hydrogens is 348 g/mol. The summed E-state index contributed by atoms with van der Waals surface area (Å²) < 4.78 is 5.49. The van der Waals surface area contributed by atoms with Gasteiger partial charge in [-0.15, -0.1) is 0 Å². The molecule has 1 aromatic rings. The minimum atomic E-state index is -0.999. The van der Waals surface area contributed by atoms with Crippen LogP contribution in [0.2, 0.25) is 0 Å². The Morgan fingerprint density at radius 3 is 2.44 bits per heavy atom. The van der Waals surface area contributed by atoms with Gasteiger partial charge in [0.1, 0.15) is 12.6 Å². The van der Waals surface area contributed by atoms with E-state index in [9.17, 15) is 19.5 Å². The van der Waals surface area contributed by atoms with Crippen molar-refractivity contribution in [2.24, 2.45) is 11.3 Å². The molecule has 0 aliphatic carbocycles. The van der Waals surface area contributed by atoms with E-state index in [2.05, 4.69) is 0 Å². The molecule has 146 valence electrons. The summed E-state index contributed by atoms with van der Waals surface area (Å²) >= 11 is 0. The maximum absolute atomic E-state index is 13.1. The Morgan fingerprint density at radius 1 is 1.19 bits per heavy atom. The lowest BCUT2D eigenvalue weighted by molar-refractivity contribution is -0.158. The van der Waals surface area contributed by atoms with Crippen LogP contribution in [0.3, 0.4) is 0 Å². The number of nitrogens with zero attached hydrogens (tertiary/aromatic N) is 2. The minimum Gasteiger partial charge on any atom is -0.465 e. The van der Waals surface area contributed by atoms with Gasteiger partial charge in [-0.2, -0.15) is 0 Å². The highest BCUT2D eigenvalue weighted by Crippen LogP contribution is 2.42. The number of esters is 1. The molecule has 2 aliphatic heterocycles. The lowest BCUT2D eigenvalue weighted by Gasteiger charge is -2.31. The average molecular weight is 374 g/mol. The minimum absolute atomic E-state index is 0.0932.